The molecule has 3 fully saturated rings. The predicted molar refractivity (Wildman–Crippen MR) is 172 cm³/mol. The maximum Gasteiger partial charge on any atom is 0.264 e. The summed E-state index contributed by atoms with van der Waals surface area (Å²) < 4.78 is 1.27. The van der Waals surface area contributed by atoms with E-state index in [0.717, 1.165) is 94.7 Å². The Kier molecular flexibility index (Phi) is 10.6. The summed E-state index contributed by atoms with van der Waals surface area (Å²) in [5.74, 6) is 1.10. The predicted octanol–water partition coefficient (Wildman–Crippen LogP) is 7.12. The van der Waals surface area contributed by atoms with Crippen LogP contribution in [0.3, 0.4) is 0 Å². The van der Waals surface area contributed by atoms with Crippen molar-refractivity contribution in [3.05, 3.63) is 33.9 Å². The van der Waals surface area contributed by atoms with Crippen molar-refractivity contribution in [2.75, 3.05) is 45.5 Å². The van der Waals surface area contributed by atoms with Gasteiger partial charge in [-0.25, -0.2) is 9.98 Å². The molecule has 218 valence electrons. The number of guanidine groups is 1. The fraction of sp³-hybridized carbons (Fsp3) is 0.656. The van der Waals surface area contributed by atoms with Gasteiger partial charge in [0.2, 0.25) is 5.96 Å². The average molecular weight is 582 g/mol. The van der Waals surface area contributed by atoms with Crippen molar-refractivity contribution in [3.63, 3.8) is 0 Å². The summed E-state index contributed by atoms with van der Waals surface area (Å²) >= 11 is 3.46. The van der Waals surface area contributed by atoms with Gasteiger partial charge in [0, 0.05) is 75.6 Å². The number of thiophene rings is 1. The average Bonchev–Trinajstić information content (AvgIpc) is 3.15. The molecular weight excluding hydrogens is 535 g/mol. The van der Waals surface area contributed by atoms with Gasteiger partial charge in [0.1, 0.15) is 0 Å². The number of hydrogen-bond acceptors (Lipinski definition) is 7. The first-order valence-corrected chi connectivity index (χ1v) is 17.7. The molecule has 6 rings (SSSR count). The van der Waals surface area contributed by atoms with Crippen LogP contribution in [-0.4, -0.2) is 83.8 Å². The van der Waals surface area contributed by atoms with Gasteiger partial charge in [0.05, 0.1) is 9.09 Å². The van der Waals surface area contributed by atoms with E-state index in [1.165, 1.54) is 58.7 Å². The summed E-state index contributed by atoms with van der Waals surface area (Å²) in [6, 6.07) is 0.784. The molecule has 0 N–H and O–H groups in total. The largest absolute Gasteiger partial charge is 0.338 e. The van der Waals surface area contributed by atoms with E-state index in [0.29, 0.717) is 0 Å². The Balaban J connectivity index is 0.00000158. The molecule has 1 amide bonds. The Morgan fingerprint density at radius 3 is 2.52 bits per heavy atom. The van der Waals surface area contributed by atoms with Gasteiger partial charge in [0.15, 0.2) is 0 Å². The van der Waals surface area contributed by atoms with Crippen LogP contribution in [0, 0.1) is 0 Å². The molecule has 1 aromatic heterocycles. The monoisotopic (exact) mass is 581 g/mol. The molecule has 5 aliphatic rings. The van der Waals surface area contributed by atoms with E-state index in [1.807, 2.05) is 13.8 Å². The fourth-order valence-electron chi connectivity index (χ4n) is 6.64. The lowest BCUT2D eigenvalue weighted by molar-refractivity contribution is 0.0764. The van der Waals surface area contributed by atoms with Crippen molar-refractivity contribution < 1.29 is 4.79 Å². The van der Waals surface area contributed by atoms with Gasteiger partial charge < -0.3 is 9.80 Å². The standard InChI is InChI=1S/C30H41N5OS2.C2H6/c1-37-29-26-11-7-3-6-10-25(26)27(38-29)28(36)34-14-12-22-20-23(13-15-34)32-30(31-21-22)35-18-16-33(17-19-35)24-8-4-2-5-9-24;1-2/h7,11,21,24H,2-6,8-10,12-20H2,1H3;1-2H3. The molecule has 1 saturated carbocycles. The number of rotatable bonds is 3. The van der Waals surface area contributed by atoms with Crippen molar-refractivity contribution in [1.82, 2.24) is 14.7 Å². The Morgan fingerprint density at radius 1 is 0.975 bits per heavy atom. The zero-order chi connectivity index (χ0) is 27.9. The van der Waals surface area contributed by atoms with Gasteiger partial charge in [-0.15, -0.1) is 23.1 Å². The number of nitrogens with zero attached hydrogens (tertiary/aromatic N) is 5. The molecule has 2 saturated heterocycles. The Morgan fingerprint density at radius 2 is 1.75 bits per heavy atom. The number of allylic oxidation sites excluding steroid dienone is 1. The van der Waals surface area contributed by atoms with Gasteiger partial charge in [-0.1, -0.05) is 45.3 Å². The van der Waals surface area contributed by atoms with Crippen molar-refractivity contribution >= 4 is 46.8 Å². The highest BCUT2D eigenvalue weighted by atomic mass is 32.2. The fourth-order valence-corrected chi connectivity index (χ4v) is 8.68. The SMILES string of the molecule is CC.CSc1sc(C(=O)N2CCC3=CN=C(N4CCN(C5CCCCC5)CC4)N=C(CC2)C3)c2c1C=CCCC2. The number of carbonyl (C=O) groups is 1. The molecule has 0 spiro atoms. The number of aliphatic imine (C=N–C) groups is 2. The van der Waals surface area contributed by atoms with Crippen molar-refractivity contribution in [3.8, 4) is 0 Å². The van der Waals surface area contributed by atoms with Crippen LogP contribution in [0.15, 0.2) is 32.0 Å². The van der Waals surface area contributed by atoms with Crippen LogP contribution in [0.4, 0.5) is 0 Å². The molecule has 3 aliphatic heterocycles. The summed E-state index contributed by atoms with van der Waals surface area (Å²) in [6.07, 6.45) is 21.4. The summed E-state index contributed by atoms with van der Waals surface area (Å²) in [7, 11) is 0. The van der Waals surface area contributed by atoms with E-state index >= 15 is 0 Å². The summed E-state index contributed by atoms with van der Waals surface area (Å²) in [5.41, 5.74) is 5.04. The minimum Gasteiger partial charge on any atom is -0.338 e. The molecule has 0 aromatic carbocycles. The number of piperazine rings is 1. The van der Waals surface area contributed by atoms with Gasteiger partial charge in [-0.2, -0.15) is 0 Å². The highest BCUT2D eigenvalue weighted by Gasteiger charge is 2.29. The van der Waals surface area contributed by atoms with Crippen LogP contribution >= 0.6 is 23.1 Å². The molecule has 8 heteroatoms. The number of thioether (sulfide) groups is 1. The van der Waals surface area contributed by atoms with E-state index in [-0.39, 0.29) is 5.91 Å². The van der Waals surface area contributed by atoms with E-state index in [1.54, 1.807) is 23.1 Å². The molecule has 0 radical (unpaired) electrons. The third-order valence-electron chi connectivity index (χ3n) is 8.88. The molecular formula is C32H47N5OS2. The van der Waals surface area contributed by atoms with Crippen LogP contribution in [0.5, 0.6) is 0 Å². The second-order valence-electron chi connectivity index (χ2n) is 11.3. The number of carbonyl (C=O) groups excluding carboxylic acids is 1. The topological polar surface area (TPSA) is 51.5 Å². The zero-order valence-electron chi connectivity index (χ0n) is 24.8. The summed E-state index contributed by atoms with van der Waals surface area (Å²) in [4.78, 5) is 32.0. The molecule has 2 bridgehead atoms. The van der Waals surface area contributed by atoms with E-state index in [2.05, 4.69) is 39.3 Å². The normalized spacial score (nSPS) is 22.4. The molecule has 2 aliphatic carbocycles. The molecule has 4 heterocycles. The lowest BCUT2D eigenvalue weighted by Crippen LogP contribution is -2.52. The van der Waals surface area contributed by atoms with Crippen molar-refractivity contribution in [2.45, 2.75) is 94.7 Å². The molecule has 6 nitrogen and oxygen atoms in total. The van der Waals surface area contributed by atoms with Crippen LogP contribution in [0.25, 0.3) is 6.08 Å². The Labute approximate surface area is 249 Å². The lowest BCUT2D eigenvalue weighted by Gasteiger charge is -2.41. The van der Waals surface area contributed by atoms with Gasteiger partial charge >= 0.3 is 0 Å². The first-order valence-electron chi connectivity index (χ1n) is 15.7. The smallest absolute Gasteiger partial charge is 0.264 e. The van der Waals surface area contributed by atoms with E-state index < -0.39 is 0 Å². The molecule has 0 unspecified atom stereocenters. The Bertz CT molecular complexity index is 1150. The molecule has 0 atom stereocenters. The maximum atomic E-state index is 13.9. The number of amides is 1. The first kappa shape index (κ1) is 29.6. The Hall–Kier alpha value is -1.90. The van der Waals surface area contributed by atoms with E-state index in [9.17, 15) is 4.79 Å². The third-order valence-corrected chi connectivity index (χ3v) is 11.2. The lowest BCUT2D eigenvalue weighted by atomic mass is 9.94. The highest BCUT2D eigenvalue weighted by molar-refractivity contribution is 8.00. The zero-order valence-corrected chi connectivity index (χ0v) is 26.4. The van der Waals surface area contributed by atoms with Crippen molar-refractivity contribution in [1.29, 1.82) is 0 Å². The quantitative estimate of drug-likeness (QED) is 0.357. The molecule has 1 aromatic rings. The van der Waals surface area contributed by atoms with Gasteiger partial charge in [0.25, 0.3) is 5.91 Å². The van der Waals surface area contributed by atoms with Crippen LogP contribution < -0.4 is 0 Å². The number of likely N-dealkylation sites (tertiary alicyclic amines) is 1. The second kappa shape index (κ2) is 14.3. The molecule has 40 heavy (non-hydrogen) atoms. The minimum absolute atomic E-state index is 0.210. The van der Waals surface area contributed by atoms with Crippen LogP contribution in [0.1, 0.15) is 98.9 Å². The first-order chi connectivity index (χ1) is 19.7. The van der Waals surface area contributed by atoms with Crippen LogP contribution in [0.2, 0.25) is 0 Å². The highest BCUT2D eigenvalue weighted by Crippen LogP contribution is 2.39. The number of fused-ring (bicyclic) bond motifs is 3. The maximum absolute atomic E-state index is 13.9. The van der Waals surface area contributed by atoms with Crippen LogP contribution in [-0.2, 0) is 6.42 Å². The summed E-state index contributed by atoms with van der Waals surface area (Å²) in [5, 5.41) is 0. The van der Waals surface area contributed by atoms with Gasteiger partial charge in [-0.3, -0.25) is 9.69 Å². The van der Waals surface area contributed by atoms with E-state index in [4.69, 9.17) is 9.98 Å². The third kappa shape index (κ3) is 6.76. The number of hydrogen-bond donors (Lipinski definition) is 0. The van der Waals surface area contributed by atoms with Gasteiger partial charge in [-0.05, 0) is 55.9 Å². The van der Waals surface area contributed by atoms with Crippen molar-refractivity contribution in [2.24, 2.45) is 9.98 Å². The summed E-state index contributed by atoms with van der Waals surface area (Å²) in [6.45, 7) is 9.76. The second-order valence-corrected chi connectivity index (χ2v) is 13.4. The minimum atomic E-state index is 0.210.